The van der Waals surface area contributed by atoms with Gasteiger partial charge >= 0.3 is 0 Å². The highest BCUT2D eigenvalue weighted by Crippen LogP contribution is 2.31. The quantitative estimate of drug-likeness (QED) is 0.555. The third-order valence-corrected chi connectivity index (χ3v) is 5.80. The minimum absolute atomic E-state index is 0.150. The number of piperidine rings is 1. The minimum Gasteiger partial charge on any atom is -0.370 e. The number of carbonyl (C=O) groups is 1. The largest absolute Gasteiger partial charge is 0.370 e. The van der Waals surface area contributed by atoms with Crippen molar-refractivity contribution in [3.05, 3.63) is 57.0 Å². The Morgan fingerprint density at radius 3 is 2.46 bits per heavy atom. The standard InChI is InChI=1S/C20H20Cl3N3OS/c1-12-6-8-26(9-7-12)18-5-3-14(11-17(18)23)24-20(28)25-19(27)15-10-13(21)2-4-16(15)22/h2-5,10-12H,6-9H2,1H3,(H2,24,25,27,28). The van der Waals surface area contributed by atoms with Crippen LogP contribution < -0.4 is 15.5 Å². The van der Waals surface area contributed by atoms with Gasteiger partial charge in [-0.25, -0.2) is 0 Å². The zero-order valence-electron chi connectivity index (χ0n) is 15.3. The molecule has 1 amide bonds. The van der Waals surface area contributed by atoms with Gasteiger partial charge in [0.05, 0.1) is 21.3 Å². The molecule has 1 saturated heterocycles. The number of carbonyl (C=O) groups excluding carboxylic acids is 1. The summed E-state index contributed by atoms with van der Waals surface area (Å²) in [6.07, 6.45) is 2.33. The SMILES string of the molecule is CC1CCN(c2ccc(NC(=S)NC(=O)c3cc(Cl)ccc3Cl)cc2Cl)CC1. The average Bonchev–Trinajstić information content (AvgIpc) is 2.64. The summed E-state index contributed by atoms with van der Waals surface area (Å²) in [7, 11) is 0. The average molecular weight is 457 g/mol. The van der Waals surface area contributed by atoms with E-state index in [2.05, 4.69) is 22.5 Å². The first kappa shape index (κ1) is 21.2. The summed E-state index contributed by atoms with van der Waals surface area (Å²) < 4.78 is 0. The number of thiocarbonyl (C=S) groups is 1. The number of nitrogens with one attached hydrogen (secondary N) is 2. The van der Waals surface area contributed by atoms with Gasteiger partial charge in [0.25, 0.3) is 5.91 Å². The lowest BCUT2D eigenvalue weighted by Crippen LogP contribution is -2.34. The molecule has 28 heavy (non-hydrogen) atoms. The van der Waals surface area contributed by atoms with Crippen LogP contribution in [0.5, 0.6) is 0 Å². The molecule has 0 aliphatic carbocycles. The Morgan fingerprint density at radius 1 is 1.07 bits per heavy atom. The molecule has 1 aliphatic rings. The zero-order chi connectivity index (χ0) is 20.3. The molecule has 2 aromatic carbocycles. The lowest BCUT2D eigenvalue weighted by atomic mass is 9.99. The molecule has 2 aromatic rings. The maximum atomic E-state index is 12.4. The second-order valence-electron chi connectivity index (χ2n) is 6.87. The molecule has 1 aliphatic heterocycles. The molecule has 0 radical (unpaired) electrons. The summed E-state index contributed by atoms with van der Waals surface area (Å²) in [6.45, 7) is 4.28. The van der Waals surface area contributed by atoms with E-state index < -0.39 is 5.91 Å². The Balaban J connectivity index is 1.63. The van der Waals surface area contributed by atoms with E-state index in [4.69, 9.17) is 47.0 Å². The second-order valence-corrected chi connectivity index (χ2v) is 8.53. The van der Waals surface area contributed by atoms with Gasteiger partial charge in [-0.2, -0.15) is 0 Å². The first-order valence-corrected chi connectivity index (χ1v) is 10.5. The van der Waals surface area contributed by atoms with Crippen molar-refractivity contribution in [3.63, 3.8) is 0 Å². The lowest BCUT2D eigenvalue weighted by molar-refractivity contribution is 0.0978. The van der Waals surface area contributed by atoms with E-state index in [9.17, 15) is 4.79 Å². The van der Waals surface area contributed by atoms with E-state index in [-0.39, 0.29) is 10.7 Å². The van der Waals surface area contributed by atoms with Crippen molar-refractivity contribution in [1.82, 2.24) is 5.32 Å². The van der Waals surface area contributed by atoms with Crippen LogP contribution in [-0.4, -0.2) is 24.1 Å². The van der Waals surface area contributed by atoms with E-state index in [1.165, 1.54) is 18.9 Å². The molecule has 0 aromatic heterocycles. The topological polar surface area (TPSA) is 44.4 Å². The van der Waals surface area contributed by atoms with Gasteiger partial charge in [0.2, 0.25) is 0 Å². The molecule has 3 rings (SSSR count). The van der Waals surface area contributed by atoms with Gasteiger partial charge in [0, 0.05) is 23.8 Å². The number of nitrogens with zero attached hydrogens (tertiary/aromatic N) is 1. The first-order chi connectivity index (χ1) is 13.3. The molecule has 0 atom stereocenters. The number of rotatable bonds is 3. The highest BCUT2D eigenvalue weighted by atomic mass is 35.5. The molecule has 0 spiro atoms. The fraction of sp³-hybridized carbons (Fsp3) is 0.300. The summed E-state index contributed by atoms with van der Waals surface area (Å²) in [5, 5.41) is 7.09. The van der Waals surface area contributed by atoms with Gasteiger partial charge in [0.15, 0.2) is 5.11 Å². The van der Waals surface area contributed by atoms with Crippen LogP contribution in [0.4, 0.5) is 11.4 Å². The van der Waals surface area contributed by atoms with Crippen LogP contribution in [0.1, 0.15) is 30.1 Å². The molecular formula is C20H20Cl3N3OS. The summed E-state index contributed by atoms with van der Waals surface area (Å²) in [4.78, 5) is 14.7. The Labute approximate surface area is 185 Å². The second kappa shape index (κ2) is 9.31. The third kappa shape index (κ3) is 5.29. The van der Waals surface area contributed by atoms with Crippen molar-refractivity contribution in [2.24, 2.45) is 5.92 Å². The Bertz CT molecular complexity index is 898. The number of hydrogen-bond acceptors (Lipinski definition) is 3. The Hall–Kier alpha value is -1.53. The molecule has 148 valence electrons. The van der Waals surface area contributed by atoms with Crippen molar-refractivity contribution < 1.29 is 4.79 Å². The van der Waals surface area contributed by atoms with Crippen molar-refractivity contribution in [1.29, 1.82) is 0 Å². The molecule has 2 N–H and O–H groups in total. The molecule has 0 unspecified atom stereocenters. The van der Waals surface area contributed by atoms with E-state index in [1.807, 2.05) is 12.1 Å². The van der Waals surface area contributed by atoms with Crippen molar-refractivity contribution in [3.8, 4) is 0 Å². The van der Waals surface area contributed by atoms with Gasteiger partial charge in [-0.05, 0) is 67.4 Å². The predicted molar refractivity (Wildman–Crippen MR) is 122 cm³/mol. The normalized spacial score (nSPS) is 14.6. The molecule has 4 nitrogen and oxygen atoms in total. The molecule has 0 bridgehead atoms. The molecule has 0 saturated carbocycles. The smallest absolute Gasteiger partial charge is 0.258 e. The fourth-order valence-electron chi connectivity index (χ4n) is 3.09. The van der Waals surface area contributed by atoms with Crippen molar-refractivity contribution in [2.75, 3.05) is 23.3 Å². The summed E-state index contributed by atoms with van der Waals surface area (Å²) in [5.74, 6) is 0.320. The number of halogens is 3. The van der Waals surface area contributed by atoms with Gasteiger partial charge < -0.3 is 10.2 Å². The third-order valence-electron chi connectivity index (χ3n) is 4.73. The fourth-order valence-corrected chi connectivity index (χ4v) is 3.98. The van der Waals surface area contributed by atoms with Crippen LogP contribution in [0.25, 0.3) is 0 Å². The van der Waals surface area contributed by atoms with Crippen LogP contribution in [0.15, 0.2) is 36.4 Å². The summed E-state index contributed by atoms with van der Waals surface area (Å²) >= 11 is 23.7. The van der Waals surface area contributed by atoms with Crippen LogP contribution in [0.3, 0.4) is 0 Å². The van der Waals surface area contributed by atoms with E-state index in [1.54, 1.807) is 18.2 Å². The Morgan fingerprint density at radius 2 is 1.79 bits per heavy atom. The highest BCUT2D eigenvalue weighted by molar-refractivity contribution is 7.80. The predicted octanol–water partition coefficient (Wildman–Crippen LogP) is 6.01. The summed E-state index contributed by atoms with van der Waals surface area (Å²) in [5.41, 5.74) is 1.97. The van der Waals surface area contributed by atoms with E-state index >= 15 is 0 Å². The van der Waals surface area contributed by atoms with Crippen LogP contribution in [0, 0.1) is 5.92 Å². The molecule has 1 fully saturated rings. The summed E-state index contributed by atoms with van der Waals surface area (Å²) in [6, 6.07) is 10.3. The molecular weight excluding hydrogens is 437 g/mol. The van der Waals surface area contributed by atoms with Crippen molar-refractivity contribution >= 4 is 69.4 Å². The number of benzene rings is 2. The van der Waals surface area contributed by atoms with E-state index in [0.29, 0.717) is 20.8 Å². The molecule has 1 heterocycles. The first-order valence-electron chi connectivity index (χ1n) is 8.95. The number of hydrogen-bond donors (Lipinski definition) is 2. The molecule has 8 heteroatoms. The van der Waals surface area contributed by atoms with Gasteiger partial charge in [-0.3, -0.25) is 10.1 Å². The van der Waals surface area contributed by atoms with Crippen LogP contribution in [-0.2, 0) is 0 Å². The van der Waals surface area contributed by atoms with E-state index in [0.717, 1.165) is 24.7 Å². The van der Waals surface area contributed by atoms with Gasteiger partial charge in [-0.15, -0.1) is 0 Å². The van der Waals surface area contributed by atoms with Crippen LogP contribution >= 0.6 is 47.0 Å². The lowest BCUT2D eigenvalue weighted by Gasteiger charge is -2.32. The Kier molecular flexibility index (Phi) is 7.05. The minimum atomic E-state index is -0.435. The number of anilines is 2. The van der Waals surface area contributed by atoms with Crippen molar-refractivity contribution in [2.45, 2.75) is 19.8 Å². The maximum Gasteiger partial charge on any atom is 0.258 e. The van der Waals surface area contributed by atoms with Gasteiger partial charge in [0.1, 0.15) is 0 Å². The zero-order valence-corrected chi connectivity index (χ0v) is 18.4. The monoisotopic (exact) mass is 455 g/mol. The number of amides is 1. The maximum absolute atomic E-state index is 12.4. The highest BCUT2D eigenvalue weighted by Gasteiger charge is 2.18. The van der Waals surface area contributed by atoms with Gasteiger partial charge in [-0.1, -0.05) is 41.7 Å². The van der Waals surface area contributed by atoms with Crippen LogP contribution in [0.2, 0.25) is 15.1 Å².